The highest BCUT2D eigenvalue weighted by atomic mass is 16.6. The fourth-order valence-corrected chi connectivity index (χ4v) is 4.09. The maximum Gasteiger partial charge on any atom is 0.224 e. The summed E-state index contributed by atoms with van der Waals surface area (Å²) in [4.78, 5) is 15.1. The second-order valence-electron chi connectivity index (χ2n) is 8.19. The van der Waals surface area contributed by atoms with Crippen molar-refractivity contribution in [1.82, 2.24) is 10.2 Å². The lowest BCUT2D eigenvalue weighted by atomic mass is 10.00. The molecule has 2 aliphatic rings. The number of aliphatic hydroxyl groups excluding tert-OH is 1. The van der Waals surface area contributed by atoms with E-state index in [1.165, 1.54) is 5.56 Å². The predicted octanol–water partition coefficient (Wildman–Crippen LogP) is 3.43. The van der Waals surface area contributed by atoms with Gasteiger partial charge in [0.05, 0.1) is 12.5 Å². The van der Waals surface area contributed by atoms with Gasteiger partial charge in [0.1, 0.15) is 19.3 Å². The summed E-state index contributed by atoms with van der Waals surface area (Å²) in [6.07, 6.45) is 1.78. The molecule has 0 spiro atoms. The average Bonchev–Trinajstić information content (AvgIpc) is 3.34. The zero-order chi connectivity index (χ0) is 22.9. The zero-order valence-corrected chi connectivity index (χ0v) is 18.9. The summed E-state index contributed by atoms with van der Waals surface area (Å²) in [5.41, 5.74) is 2.85. The van der Waals surface area contributed by atoms with Crippen LogP contribution in [0.4, 0.5) is 0 Å². The number of hydrogen-bond acceptors (Lipinski definition) is 5. The Kier molecular flexibility index (Phi) is 8.71. The van der Waals surface area contributed by atoms with E-state index in [-0.39, 0.29) is 5.91 Å². The van der Waals surface area contributed by atoms with E-state index in [1.807, 2.05) is 49.4 Å². The lowest BCUT2D eigenvalue weighted by molar-refractivity contribution is -0.122. The van der Waals surface area contributed by atoms with E-state index in [9.17, 15) is 9.90 Å². The summed E-state index contributed by atoms with van der Waals surface area (Å²) >= 11 is 0. The highest BCUT2D eigenvalue weighted by molar-refractivity contribution is 5.79. The minimum absolute atomic E-state index is 0.0837. The third kappa shape index (κ3) is 6.34. The molecule has 1 saturated heterocycles. The van der Waals surface area contributed by atoms with Crippen LogP contribution in [0.25, 0.3) is 0 Å². The van der Waals surface area contributed by atoms with Gasteiger partial charge < -0.3 is 24.8 Å². The molecular weight excluding hydrogens is 404 g/mol. The van der Waals surface area contributed by atoms with Crippen LogP contribution in [0.3, 0.4) is 0 Å². The Morgan fingerprint density at radius 3 is 2.41 bits per heavy atom. The molecular formula is C26H34N2O4. The van der Waals surface area contributed by atoms with E-state index in [0.717, 1.165) is 37.1 Å². The summed E-state index contributed by atoms with van der Waals surface area (Å²) in [7, 11) is 0. The molecule has 0 aromatic heterocycles. The number of benzene rings is 2. The molecule has 2 heterocycles. The van der Waals surface area contributed by atoms with Gasteiger partial charge in [-0.1, -0.05) is 35.9 Å². The minimum Gasteiger partial charge on any atom is -0.486 e. The van der Waals surface area contributed by atoms with Gasteiger partial charge in [0.15, 0.2) is 11.5 Å². The van der Waals surface area contributed by atoms with Crippen molar-refractivity contribution in [2.45, 2.75) is 38.3 Å². The summed E-state index contributed by atoms with van der Waals surface area (Å²) in [5.74, 6) is 1.25. The van der Waals surface area contributed by atoms with Crippen LogP contribution in [0, 0.1) is 6.92 Å². The third-order valence-corrected chi connectivity index (χ3v) is 5.77. The quantitative estimate of drug-likeness (QED) is 0.648. The first kappa shape index (κ1) is 23.8. The Labute approximate surface area is 190 Å². The van der Waals surface area contributed by atoms with Gasteiger partial charge in [-0.05, 0) is 56.1 Å². The number of rotatable bonds is 7. The first-order valence-corrected chi connectivity index (χ1v) is 11.2. The molecule has 32 heavy (non-hydrogen) atoms. The van der Waals surface area contributed by atoms with Crippen LogP contribution in [0.5, 0.6) is 11.5 Å². The summed E-state index contributed by atoms with van der Waals surface area (Å²) < 4.78 is 11.2. The molecule has 1 amide bonds. The topological polar surface area (TPSA) is 71.0 Å². The number of likely N-dealkylation sites (tertiary alicyclic amines) is 1. The summed E-state index contributed by atoms with van der Waals surface area (Å²) in [6, 6.07) is 13.1. The number of carbonyl (C=O) groups excluding carboxylic acids is 1. The van der Waals surface area contributed by atoms with Gasteiger partial charge in [0.25, 0.3) is 0 Å². The first-order chi connectivity index (χ1) is 15.6. The first-order valence-electron chi connectivity index (χ1n) is 11.2. The number of nitrogens with zero attached hydrogens (tertiary/aromatic N) is 1. The van der Waals surface area contributed by atoms with E-state index >= 15 is 0 Å². The number of hydrogen-bond donors (Lipinski definition) is 2. The molecule has 2 aromatic rings. The van der Waals surface area contributed by atoms with Crippen LogP contribution in [0.15, 0.2) is 55.6 Å². The number of aliphatic hydroxyl groups is 1. The average molecular weight is 439 g/mol. The van der Waals surface area contributed by atoms with Gasteiger partial charge in [-0.2, -0.15) is 0 Å². The molecule has 6 heteroatoms. The van der Waals surface area contributed by atoms with E-state index in [4.69, 9.17) is 9.47 Å². The van der Waals surface area contributed by atoms with E-state index < -0.39 is 12.1 Å². The fraction of sp³-hybridized carbons (Fsp3) is 0.423. The molecule has 0 radical (unpaired) electrons. The van der Waals surface area contributed by atoms with Gasteiger partial charge in [0.2, 0.25) is 5.91 Å². The fourth-order valence-electron chi connectivity index (χ4n) is 4.09. The molecule has 4 rings (SSSR count). The van der Waals surface area contributed by atoms with Crippen molar-refractivity contribution in [1.29, 1.82) is 0 Å². The van der Waals surface area contributed by atoms with Crippen LogP contribution in [-0.2, 0) is 11.2 Å². The molecule has 2 aliphatic heterocycles. The van der Waals surface area contributed by atoms with Crippen molar-refractivity contribution in [3.05, 3.63) is 72.3 Å². The van der Waals surface area contributed by atoms with Crippen molar-refractivity contribution in [3.8, 4) is 11.5 Å². The number of amides is 1. The minimum atomic E-state index is -0.830. The second-order valence-corrected chi connectivity index (χ2v) is 8.19. The molecule has 2 atom stereocenters. The summed E-state index contributed by atoms with van der Waals surface area (Å²) in [5, 5.41) is 14.2. The van der Waals surface area contributed by atoms with E-state index in [0.29, 0.717) is 37.7 Å². The lowest BCUT2D eigenvalue weighted by Gasteiger charge is -2.29. The maximum absolute atomic E-state index is 12.8. The van der Waals surface area contributed by atoms with Gasteiger partial charge >= 0.3 is 0 Å². The van der Waals surface area contributed by atoms with Crippen molar-refractivity contribution in [2.75, 3.05) is 32.8 Å². The van der Waals surface area contributed by atoms with Crippen LogP contribution in [0.1, 0.15) is 35.6 Å². The smallest absolute Gasteiger partial charge is 0.224 e. The normalized spacial score (nSPS) is 17.1. The van der Waals surface area contributed by atoms with Crippen LogP contribution in [-0.4, -0.2) is 54.8 Å². The number of nitrogens with one attached hydrogen (secondary N) is 1. The van der Waals surface area contributed by atoms with Crippen LogP contribution in [0.2, 0.25) is 0 Å². The van der Waals surface area contributed by atoms with E-state index in [1.54, 1.807) is 0 Å². The molecule has 2 N–H and O–H groups in total. The van der Waals surface area contributed by atoms with Gasteiger partial charge in [-0.15, -0.1) is 13.2 Å². The summed E-state index contributed by atoms with van der Waals surface area (Å²) in [6.45, 7) is 11.7. The van der Waals surface area contributed by atoms with Crippen molar-refractivity contribution < 1.29 is 19.4 Å². The molecule has 2 aromatic carbocycles. The Morgan fingerprint density at radius 2 is 1.72 bits per heavy atom. The highest BCUT2D eigenvalue weighted by Crippen LogP contribution is 2.33. The lowest BCUT2D eigenvalue weighted by Crippen LogP contribution is -2.47. The van der Waals surface area contributed by atoms with Crippen molar-refractivity contribution in [3.63, 3.8) is 0 Å². The number of fused-ring (bicyclic) bond motifs is 1. The third-order valence-electron chi connectivity index (χ3n) is 5.77. The monoisotopic (exact) mass is 438 g/mol. The Morgan fingerprint density at radius 1 is 1.06 bits per heavy atom. The van der Waals surface area contributed by atoms with E-state index in [2.05, 4.69) is 23.4 Å². The molecule has 172 valence electrons. The number of ether oxygens (including phenoxy) is 2. The standard InChI is InChI=1S/C24H30N2O4.C2H4/c1-17-4-6-18(7-5-17)14-23(27)25-20(16-26-10-2-3-11-26)24(28)19-8-9-21-22(15-19)30-13-12-29-21;1-2/h4-9,15,20,24,28H,2-3,10-14,16H2,1H3,(H,25,27);1-2H2. The molecule has 2 unspecified atom stereocenters. The molecule has 0 aliphatic carbocycles. The van der Waals surface area contributed by atoms with Gasteiger partial charge in [0, 0.05) is 6.54 Å². The number of carbonyl (C=O) groups is 1. The van der Waals surface area contributed by atoms with Crippen LogP contribution >= 0.6 is 0 Å². The van der Waals surface area contributed by atoms with Crippen LogP contribution < -0.4 is 14.8 Å². The Balaban J connectivity index is 0.00000141. The number of aryl methyl sites for hydroxylation is 1. The molecule has 6 nitrogen and oxygen atoms in total. The molecule has 0 bridgehead atoms. The Bertz CT molecular complexity index is 878. The van der Waals surface area contributed by atoms with Gasteiger partial charge in [-0.3, -0.25) is 4.79 Å². The van der Waals surface area contributed by atoms with Crippen molar-refractivity contribution >= 4 is 5.91 Å². The van der Waals surface area contributed by atoms with Gasteiger partial charge in [-0.25, -0.2) is 0 Å². The maximum atomic E-state index is 12.8. The predicted molar refractivity (Wildman–Crippen MR) is 126 cm³/mol. The Hall–Kier alpha value is -2.83. The second kappa shape index (κ2) is 11.7. The molecule has 1 fully saturated rings. The zero-order valence-electron chi connectivity index (χ0n) is 18.9. The SMILES string of the molecule is C=C.Cc1ccc(CC(=O)NC(CN2CCCC2)C(O)c2ccc3c(c2)OCCO3)cc1. The largest absolute Gasteiger partial charge is 0.486 e. The highest BCUT2D eigenvalue weighted by Gasteiger charge is 2.27. The van der Waals surface area contributed by atoms with Crippen molar-refractivity contribution in [2.24, 2.45) is 0 Å². The molecule has 0 saturated carbocycles.